The maximum atomic E-state index is 14.1. The molecule has 4 saturated heterocycles. The molecule has 4 aliphatic heterocycles. The van der Waals surface area contributed by atoms with Crippen LogP contribution < -0.4 is 10.6 Å². The summed E-state index contributed by atoms with van der Waals surface area (Å²) in [6.45, 7) is 7.71. The largest absolute Gasteiger partial charge is 0.453 e. The highest BCUT2D eigenvalue weighted by molar-refractivity contribution is 5.87. The molecule has 0 bridgehead atoms. The highest BCUT2D eigenvalue weighted by atomic mass is 16.5. The van der Waals surface area contributed by atoms with Crippen LogP contribution in [0.25, 0.3) is 22.5 Å². The van der Waals surface area contributed by atoms with Crippen molar-refractivity contribution >= 4 is 24.0 Å². The molecule has 0 spiro atoms. The number of hydrogen-bond acceptors (Lipinski definition) is 10. The predicted octanol–water partition coefficient (Wildman–Crippen LogP) is 6.86. The number of alkyl carbamates (subject to hydrolysis) is 2. The molecule has 2 aromatic carbocycles. The molecule has 1 saturated carbocycles. The molecule has 6 heterocycles. The second kappa shape index (κ2) is 19.4. The summed E-state index contributed by atoms with van der Waals surface area (Å²) in [5.74, 6) is 2.65. The number of benzene rings is 2. The van der Waals surface area contributed by atoms with Crippen LogP contribution in [0.1, 0.15) is 105 Å². The lowest BCUT2D eigenvalue weighted by molar-refractivity contribution is -0.137. The smallest absolute Gasteiger partial charge is 0.407 e. The van der Waals surface area contributed by atoms with Crippen LogP contribution in [-0.4, -0.2) is 120 Å². The maximum absolute atomic E-state index is 14.1. The monoisotopic (exact) mass is 890 g/mol. The van der Waals surface area contributed by atoms with E-state index in [9.17, 15) is 19.2 Å². The van der Waals surface area contributed by atoms with Crippen molar-refractivity contribution in [2.24, 2.45) is 23.7 Å². The number of aromatic nitrogens is 4. The Bertz CT molecular complexity index is 2140. The highest BCUT2D eigenvalue weighted by Crippen LogP contribution is 2.55. The number of imidazole rings is 2. The molecule has 16 nitrogen and oxygen atoms in total. The van der Waals surface area contributed by atoms with E-state index < -0.39 is 24.3 Å². The summed E-state index contributed by atoms with van der Waals surface area (Å²) in [7, 11) is 2.63. The van der Waals surface area contributed by atoms with Gasteiger partial charge in [-0.3, -0.25) is 9.59 Å². The topological polar surface area (TPSA) is 193 Å². The van der Waals surface area contributed by atoms with E-state index in [4.69, 9.17) is 28.9 Å². The van der Waals surface area contributed by atoms with Crippen LogP contribution in [0.3, 0.4) is 0 Å². The van der Waals surface area contributed by atoms with Gasteiger partial charge in [-0.2, -0.15) is 0 Å². The molecule has 65 heavy (non-hydrogen) atoms. The third-order valence-corrected chi connectivity index (χ3v) is 14.4. The third-order valence-electron chi connectivity index (χ3n) is 14.4. The van der Waals surface area contributed by atoms with Crippen molar-refractivity contribution in [3.05, 3.63) is 83.7 Å². The molecule has 0 unspecified atom stereocenters. The SMILES string of the molecule is COC(=O)N[C@H](C(=O)N1C[C@@H](C)C[C@H]1c1ncc(-c2ccc([C@H]3C[C@@H]3c3ccc(-c4cnc([C@@H]5C[C@H](C)CN5C(=O)[C@@H](NC(=O)OC)C5CCOCC5)[nH]4)cc3)cc2)[nH]1)C1CCOCC1. The summed E-state index contributed by atoms with van der Waals surface area (Å²) in [5, 5.41) is 5.67. The van der Waals surface area contributed by atoms with Gasteiger partial charge in [-0.05, 0) is 103 Å². The van der Waals surface area contributed by atoms with Crippen molar-refractivity contribution < 1.29 is 38.1 Å². The second-order valence-electron chi connectivity index (χ2n) is 18.9. The molecular weight excluding hydrogens is 829 g/mol. The number of carbonyl (C=O) groups is 4. The van der Waals surface area contributed by atoms with Crippen molar-refractivity contribution in [3.63, 3.8) is 0 Å². The minimum absolute atomic E-state index is 0.0283. The van der Waals surface area contributed by atoms with Crippen molar-refractivity contribution in [1.82, 2.24) is 40.4 Å². The van der Waals surface area contributed by atoms with Crippen LogP contribution in [0.2, 0.25) is 0 Å². The van der Waals surface area contributed by atoms with Crippen molar-refractivity contribution in [1.29, 1.82) is 0 Å². The van der Waals surface area contributed by atoms with Crippen LogP contribution in [0, 0.1) is 23.7 Å². The van der Waals surface area contributed by atoms with Crippen LogP contribution in [0.5, 0.6) is 0 Å². The van der Waals surface area contributed by atoms with E-state index in [0.29, 0.717) is 77.0 Å². The summed E-state index contributed by atoms with van der Waals surface area (Å²) in [4.78, 5) is 73.3. The van der Waals surface area contributed by atoms with Crippen LogP contribution in [-0.2, 0) is 28.5 Å². The average molecular weight is 891 g/mol. The van der Waals surface area contributed by atoms with Gasteiger partial charge in [-0.15, -0.1) is 0 Å². The normalized spacial score (nSPS) is 25.8. The number of likely N-dealkylation sites (tertiary alicyclic amines) is 2. The molecule has 5 fully saturated rings. The lowest BCUT2D eigenvalue weighted by Crippen LogP contribution is -2.53. The van der Waals surface area contributed by atoms with E-state index >= 15 is 0 Å². The van der Waals surface area contributed by atoms with Gasteiger partial charge in [0.15, 0.2) is 0 Å². The maximum Gasteiger partial charge on any atom is 0.407 e. The van der Waals surface area contributed by atoms with Crippen LogP contribution in [0.15, 0.2) is 60.9 Å². The molecule has 4 N–H and O–H groups in total. The number of methoxy groups -OCH3 is 2. The zero-order chi connectivity index (χ0) is 45.2. The molecule has 16 heteroatoms. The molecular formula is C49H62N8O8. The Morgan fingerprint density at radius 1 is 0.615 bits per heavy atom. The van der Waals surface area contributed by atoms with Crippen molar-refractivity contribution in [2.75, 3.05) is 53.7 Å². The number of rotatable bonds is 12. The summed E-state index contributed by atoms with van der Waals surface area (Å²) < 4.78 is 20.9. The molecule has 2 aromatic heterocycles. The van der Waals surface area contributed by atoms with Crippen molar-refractivity contribution in [3.8, 4) is 22.5 Å². The number of H-pyrrole nitrogens is 2. The number of nitrogens with zero attached hydrogens (tertiary/aromatic N) is 4. The van der Waals surface area contributed by atoms with Gasteiger partial charge in [0.2, 0.25) is 11.8 Å². The Hall–Kier alpha value is -5.74. The number of carbonyl (C=O) groups excluding carboxylic acids is 4. The summed E-state index contributed by atoms with van der Waals surface area (Å²) >= 11 is 0. The fraction of sp³-hybridized carbons (Fsp3) is 0.551. The van der Waals surface area contributed by atoms with E-state index in [1.54, 1.807) is 0 Å². The Kier molecular flexibility index (Phi) is 13.3. The van der Waals surface area contributed by atoms with Crippen molar-refractivity contribution in [2.45, 2.75) is 94.8 Å². The van der Waals surface area contributed by atoms with E-state index in [2.05, 4.69) is 83.0 Å². The first kappa shape index (κ1) is 44.5. The van der Waals surface area contributed by atoms with Gasteiger partial charge < -0.3 is 49.3 Å². The predicted molar refractivity (Wildman–Crippen MR) is 240 cm³/mol. The third kappa shape index (κ3) is 9.65. The molecule has 1 aliphatic carbocycles. The van der Waals surface area contributed by atoms with Gasteiger partial charge in [-0.1, -0.05) is 62.4 Å². The summed E-state index contributed by atoms with van der Waals surface area (Å²) in [6.07, 6.45) is 7.90. The molecule has 4 amide bonds. The van der Waals surface area contributed by atoms with Gasteiger partial charge in [-0.25, -0.2) is 19.6 Å². The first-order chi connectivity index (χ1) is 31.6. The van der Waals surface area contributed by atoms with E-state index in [1.165, 1.54) is 25.3 Å². The van der Waals surface area contributed by atoms with E-state index in [0.717, 1.165) is 53.4 Å². The lowest BCUT2D eigenvalue weighted by Gasteiger charge is -2.34. The van der Waals surface area contributed by atoms with E-state index in [1.807, 2.05) is 22.2 Å². The Labute approximate surface area is 379 Å². The molecule has 4 aromatic rings. The number of aromatic amines is 2. The Balaban J connectivity index is 0.826. The highest BCUT2D eigenvalue weighted by Gasteiger charge is 2.44. The second-order valence-corrected chi connectivity index (χ2v) is 18.9. The number of nitrogens with one attached hydrogen (secondary N) is 4. The number of amides is 4. The average Bonchev–Trinajstić information content (AvgIpc) is 3.76. The van der Waals surface area contributed by atoms with Gasteiger partial charge in [0.05, 0.1) is 50.1 Å². The molecule has 8 atom stereocenters. The molecule has 9 rings (SSSR count). The van der Waals surface area contributed by atoms with Crippen LogP contribution in [0.4, 0.5) is 9.59 Å². The quantitative estimate of drug-likeness (QED) is 0.117. The van der Waals surface area contributed by atoms with Gasteiger partial charge in [0.25, 0.3) is 0 Å². The minimum Gasteiger partial charge on any atom is -0.453 e. The lowest BCUT2D eigenvalue weighted by atomic mass is 9.90. The van der Waals surface area contributed by atoms with Gasteiger partial charge >= 0.3 is 12.2 Å². The molecule has 5 aliphatic rings. The number of hydrogen-bond donors (Lipinski definition) is 4. The van der Waals surface area contributed by atoms with Gasteiger partial charge in [0.1, 0.15) is 23.7 Å². The standard InChI is InChI=1S/C49H62N8O8/c1-28-21-40(56(26-28)46(58)42(54-48(60)62-3)34-13-17-64-18-14-34)44-50-24-38(52-44)32-9-5-30(6-10-32)36-23-37(36)31-7-11-33(12-8-31)39-25-51-45(53-39)41-22-29(2)27-57(41)47(59)43(55-49(61)63-4)35-15-19-65-20-16-35/h5-12,24-25,28-29,34-37,40-43H,13-23,26-27H2,1-4H3,(H,50,52)(H,51,53)(H,54,60)(H,55,61)/t28-,29-,36+,37+,40-,41-,42-,43-/m0/s1. The Morgan fingerprint density at radius 2 is 1.00 bits per heavy atom. The molecule has 346 valence electrons. The van der Waals surface area contributed by atoms with Crippen LogP contribution >= 0.6 is 0 Å². The minimum atomic E-state index is -0.686. The van der Waals surface area contributed by atoms with E-state index in [-0.39, 0.29) is 47.6 Å². The molecule has 0 radical (unpaired) electrons. The first-order valence-corrected chi connectivity index (χ1v) is 23.3. The zero-order valence-electron chi connectivity index (χ0n) is 37.8. The summed E-state index contributed by atoms with van der Waals surface area (Å²) in [6, 6.07) is 15.6. The number of ether oxygens (including phenoxy) is 4. The summed E-state index contributed by atoms with van der Waals surface area (Å²) in [5.41, 5.74) is 6.44. The van der Waals surface area contributed by atoms with Gasteiger partial charge in [0, 0.05) is 39.5 Å². The first-order valence-electron chi connectivity index (χ1n) is 23.3. The fourth-order valence-electron chi connectivity index (χ4n) is 10.7. The Morgan fingerprint density at radius 3 is 1.37 bits per heavy atom. The fourth-order valence-corrected chi connectivity index (χ4v) is 10.7. The zero-order valence-corrected chi connectivity index (χ0v) is 37.8.